The first-order valence-corrected chi connectivity index (χ1v) is 11.0. The van der Waals surface area contributed by atoms with E-state index in [9.17, 15) is 4.79 Å². The summed E-state index contributed by atoms with van der Waals surface area (Å²) in [6, 6.07) is 0. The molecule has 2 aliphatic rings. The highest BCUT2D eigenvalue weighted by Gasteiger charge is 2.24. The lowest BCUT2D eigenvalue weighted by molar-refractivity contribution is -0.136. The van der Waals surface area contributed by atoms with Crippen LogP contribution in [0.1, 0.15) is 18.1 Å². The lowest BCUT2D eigenvalue weighted by atomic mass is 10.3. The van der Waals surface area contributed by atoms with Crippen molar-refractivity contribution in [2.24, 2.45) is 12.0 Å². The molecule has 11 nitrogen and oxygen atoms in total. The van der Waals surface area contributed by atoms with E-state index in [-0.39, 0.29) is 5.91 Å². The van der Waals surface area contributed by atoms with E-state index in [1.807, 2.05) is 23.4 Å². The van der Waals surface area contributed by atoms with Crippen LogP contribution in [0.15, 0.2) is 4.99 Å². The number of hydrogen-bond acceptors (Lipinski definition) is 7. The molecule has 11 heteroatoms. The molecule has 0 saturated carbocycles. The number of rotatable bonds is 8. The fourth-order valence-corrected chi connectivity index (χ4v) is 3.64. The fourth-order valence-electron chi connectivity index (χ4n) is 3.64. The highest BCUT2D eigenvalue weighted by molar-refractivity contribution is 5.80. The van der Waals surface area contributed by atoms with Crippen molar-refractivity contribution in [3.63, 3.8) is 0 Å². The molecule has 0 spiro atoms. The SMILES string of the molecule is COCCCNC(=NCc1nnc(C)n1C)N1CCN(CC(=O)N2CCOCC2)CC1. The van der Waals surface area contributed by atoms with Gasteiger partial charge in [0.1, 0.15) is 12.4 Å². The number of morpholine rings is 1. The van der Waals surface area contributed by atoms with Gasteiger partial charge in [-0.1, -0.05) is 0 Å². The monoisotopic (exact) mass is 436 g/mol. The Morgan fingerprint density at radius 1 is 1.13 bits per heavy atom. The average Bonchev–Trinajstić information content (AvgIpc) is 3.12. The zero-order valence-corrected chi connectivity index (χ0v) is 19.0. The number of amides is 1. The number of aromatic nitrogens is 3. The molecule has 0 bridgehead atoms. The third-order valence-electron chi connectivity index (χ3n) is 5.76. The summed E-state index contributed by atoms with van der Waals surface area (Å²) in [5, 5.41) is 11.8. The number of hydrogen-bond donors (Lipinski definition) is 1. The number of aliphatic imine (C=N–C) groups is 1. The second-order valence-electron chi connectivity index (χ2n) is 7.89. The van der Waals surface area contributed by atoms with Crippen LogP contribution in [0.2, 0.25) is 0 Å². The Kier molecular flexibility index (Phi) is 9.04. The van der Waals surface area contributed by atoms with Crippen molar-refractivity contribution in [3.8, 4) is 0 Å². The first kappa shape index (κ1) is 23.4. The maximum Gasteiger partial charge on any atom is 0.236 e. The number of carbonyl (C=O) groups is 1. The van der Waals surface area contributed by atoms with Gasteiger partial charge < -0.3 is 29.2 Å². The van der Waals surface area contributed by atoms with E-state index in [0.29, 0.717) is 46.0 Å². The first-order chi connectivity index (χ1) is 15.1. The molecule has 0 unspecified atom stereocenters. The van der Waals surface area contributed by atoms with E-state index in [1.54, 1.807) is 7.11 Å². The molecular formula is C20H36N8O3. The van der Waals surface area contributed by atoms with E-state index in [2.05, 4.69) is 25.3 Å². The second-order valence-corrected chi connectivity index (χ2v) is 7.89. The van der Waals surface area contributed by atoms with Crippen LogP contribution >= 0.6 is 0 Å². The Hall–Kier alpha value is -2.24. The van der Waals surface area contributed by atoms with Gasteiger partial charge in [0.15, 0.2) is 11.8 Å². The summed E-state index contributed by atoms with van der Waals surface area (Å²) >= 11 is 0. The maximum atomic E-state index is 12.5. The van der Waals surface area contributed by atoms with Crippen molar-refractivity contribution < 1.29 is 14.3 Å². The predicted octanol–water partition coefficient (Wildman–Crippen LogP) is -0.918. The number of nitrogens with one attached hydrogen (secondary N) is 1. The number of carbonyl (C=O) groups excluding carboxylic acids is 1. The van der Waals surface area contributed by atoms with Gasteiger partial charge in [-0.05, 0) is 13.3 Å². The van der Waals surface area contributed by atoms with Gasteiger partial charge in [0.2, 0.25) is 5.91 Å². The topological polar surface area (TPSA) is 100 Å². The molecular weight excluding hydrogens is 400 g/mol. The van der Waals surface area contributed by atoms with Crippen LogP contribution in [0, 0.1) is 6.92 Å². The quantitative estimate of drug-likeness (QED) is 0.317. The van der Waals surface area contributed by atoms with Gasteiger partial charge in [0.05, 0.1) is 19.8 Å². The van der Waals surface area contributed by atoms with Crippen LogP contribution in [0.25, 0.3) is 0 Å². The second kappa shape index (κ2) is 12.0. The molecule has 0 aliphatic carbocycles. The Morgan fingerprint density at radius 3 is 2.52 bits per heavy atom. The Labute approximate surface area is 184 Å². The summed E-state index contributed by atoms with van der Waals surface area (Å²) in [6.07, 6.45) is 0.909. The van der Waals surface area contributed by atoms with Crippen molar-refractivity contribution >= 4 is 11.9 Å². The van der Waals surface area contributed by atoms with Gasteiger partial charge >= 0.3 is 0 Å². The van der Waals surface area contributed by atoms with Crippen LogP contribution in [-0.4, -0.2) is 121 Å². The summed E-state index contributed by atoms with van der Waals surface area (Å²) in [5.74, 6) is 2.78. The molecule has 1 amide bonds. The van der Waals surface area contributed by atoms with Gasteiger partial charge in [-0.25, -0.2) is 4.99 Å². The third kappa shape index (κ3) is 6.88. The number of guanidine groups is 1. The zero-order valence-electron chi connectivity index (χ0n) is 19.0. The highest BCUT2D eigenvalue weighted by Crippen LogP contribution is 2.07. The minimum Gasteiger partial charge on any atom is -0.385 e. The first-order valence-electron chi connectivity index (χ1n) is 11.0. The smallest absolute Gasteiger partial charge is 0.236 e. The number of piperazine rings is 1. The number of methoxy groups -OCH3 is 1. The lowest BCUT2D eigenvalue weighted by Crippen LogP contribution is -2.55. The van der Waals surface area contributed by atoms with Gasteiger partial charge in [-0.15, -0.1) is 10.2 Å². The molecule has 31 heavy (non-hydrogen) atoms. The van der Waals surface area contributed by atoms with Crippen LogP contribution < -0.4 is 5.32 Å². The van der Waals surface area contributed by atoms with Crippen LogP contribution in [-0.2, 0) is 27.9 Å². The average molecular weight is 437 g/mol. The Bertz CT molecular complexity index is 724. The minimum absolute atomic E-state index is 0.195. The number of ether oxygens (including phenoxy) is 2. The van der Waals surface area contributed by atoms with Crippen molar-refractivity contribution in [1.82, 2.24) is 34.8 Å². The minimum atomic E-state index is 0.195. The molecule has 0 radical (unpaired) electrons. The largest absolute Gasteiger partial charge is 0.385 e. The fraction of sp³-hybridized carbons (Fsp3) is 0.800. The van der Waals surface area contributed by atoms with E-state index in [0.717, 1.165) is 56.8 Å². The van der Waals surface area contributed by atoms with Gasteiger partial charge in [0.25, 0.3) is 0 Å². The van der Waals surface area contributed by atoms with Gasteiger partial charge in [-0.2, -0.15) is 0 Å². The molecule has 0 aromatic carbocycles. The normalized spacial score (nSPS) is 18.5. The van der Waals surface area contributed by atoms with Gasteiger partial charge in [-0.3, -0.25) is 9.69 Å². The van der Waals surface area contributed by atoms with Crippen molar-refractivity contribution in [1.29, 1.82) is 0 Å². The Morgan fingerprint density at radius 2 is 1.87 bits per heavy atom. The van der Waals surface area contributed by atoms with Crippen LogP contribution in [0.4, 0.5) is 0 Å². The summed E-state index contributed by atoms with van der Waals surface area (Å²) in [6.45, 7) is 10.4. The summed E-state index contributed by atoms with van der Waals surface area (Å²) in [5.41, 5.74) is 0. The van der Waals surface area contributed by atoms with Crippen molar-refractivity contribution in [2.75, 3.05) is 79.3 Å². The molecule has 0 atom stereocenters. The van der Waals surface area contributed by atoms with Crippen LogP contribution in [0.3, 0.4) is 0 Å². The summed E-state index contributed by atoms with van der Waals surface area (Å²) in [4.78, 5) is 23.7. The third-order valence-corrected chi connectivity index (χ3v) is 5.76. The summed E-state index contributed by atoms with van der Waals surface area (Å²) in [7, 11) is 3.67. The molecule has 3 heterocycles. The molecule has 2 aliphatic heterocycles. The highest BCUT2D eigenvalue weighted by atomic mass is 16.5. The maximum absolute atomic E-state index is 12.5. The molecule has 1 aromatic heterocycles. The lowest BCUT2D eigenvalue weighted by Gasteiger charge is -2.37. The number of nitrogens with zero attached hydrogens (tertiary/aromatic N) is 7. The summed E-state index contributed by atoms with van der Waals surface area (Å²) < 4.78 is 12.5. The molecule has 174 valence electrons. The van der Waals surface area contributed by atoms with Gasteiger partial charge in [0, 0.05) is 66.6 Å². The van der Waals surface area contributed by atoms with Crippen molar-refractivity contribution in [2.45, 2.75) is 19.9 Å². The molecule has 2 fully saturated rings. The molecule has 2 saturated heterocycles. The van der Waals surface area contributed by atoms with E-state index in [4.69, 9.17) is 14.5 Å². The van der Waals surface area contributed by atoms with E-state index in [1.165, 1.54) is 0 Å². The molecule has 1 N–H and O–H groups in total. The van der Waals surface area contributed by atoms with Crippen LogP contribution in [0.5, 0.6) is 0 Å². The Balaban J connectivity index is 1.53. The standard InChI is InChI=1S/C20H36N8O3/c1-17-23-24-18(25(17)2)15-22-20(21-5-4-12-30-3)28-8-6-26(7-9-28)16-19(29)27-10-13-31-14-11-27/h4-16H2,1-3H3,(H,21,22). The van der Waals surface area contributed by atoms with E-state index < -0.39 is 0 Å². The zero-order chi connectivity index (χ0) is 22.1. The molecule has 3 rings (SSSR count). The van der Waals surface area contributed by atoms with E-state index >= 15 is 0 Å². The molecule has 1 aromatic rings. The van der Waals surface area contributed by atoms with Crippen molar-refractivity contribution in [3.05, 3.63) is 11.6 Å². The number of aryl methyl sites for hydroxylation is 1. The predicted molar refractivity (Wildman–Crippen MR) is 117 cm³/mol.